The molecule has 0 bridgehead atoms. The Labute approximate surface area is 222 Å². The molecule has 1 aromatic heterocycles. The summed E-state index contributed by atoms with van der Waals surface area (Å²) in [5.41, 5.74) is 8.17. The first-order chi connectivity index (χ1) is 18.5. The molecule has 9 heteroatoms. The first-order valence-electron chi connectivity index (χ1n) is 13.0. The molecule has 9 nitrogen and oxygen atoms in total. The maximum absolute atomic E-state index is 12.8. The molecule has 198 valence electrons. The van der Waals surface area contributed by atoms with Crippen molar-refractivity contribution in [3.8, 4) is 22.8 Å². The summed E-state index contributed by atoms with van der Waals surface area (Å²) < 4.78 is 13.0. The van der Waals surface area contributed by atoms with Crippen molar-refractivity contribution in [2.75, 3.05) is 51.7 Å². The number of ketones is 1. The molecule has 2 aromatic carbocycles. The van der Waals surface area contributed by atoms with E-state index in [0.717, 1.165) is 50.6 Å². The van der Waals surface area contributed by atoms with Crippen LogP contribution in [-0.2, 0) is 9.53 Å². The van der Waals surface area contributed by atoms with Gasteiger partial charge in [0.1, 0.15) is 23.0 Å². The fraction of sp³-hybridized carbons (Fsp3) is 0.345. The Kier molecular flexibility index (Phi) is 7.86. The van der Waals surface area contributed by atoms with Gasteiger partial charge in [-0.2, -0.15) is 5.10 Å². The number of morpholine rings is 1. The number of rotatable bonds is 8. The molecule has 0 saturated carbocycles. The van der Waals surface area contributed by atoms with Crippen LogP contribution in [0.1, 0.15) is 29.7 Å². The lowest BCUT2D eigenvalue weighted by atomic mass is 10.0. The number of nitrogens with two attached hydrogens (primary N) is 1. The minimum atomic E-state index is -0.148. The number of nitrogens with zero attached hydrogens (tertiary/aromatic N) is 4. The maximum atomic E-state index is 12.8. The fourth-order valence-corrected chi connectivity index (χ4v) is 4.91. The van der Waals surface area contributed by atoms with Crippen molar-refractivity contribution in [2.24, 2.45) is 0 Å². The number of hydrogen-bond acceptors (Lipinski definition) is 7. The van der Waals surface area contributed by atoms with Gasteiger partial charge in [-0.25, -0.2) is 4.68 Å². The number of aromatic nitrogens is 2. The molecule has 0 aliphatic carbocycles. The molecule has 0 spiro atoms. The normalized spacial score (nSPS) is 18.2. The van der Waals surface area contributed by atoms with Crippen LogP contribution in [0.2, 0.25) is 0 Å². The molecule has 0 unspecified atom stereocenters. The predicted molar refractivity (Wildman–Crippen MR) is 145 cm³/mol. The van der Waals surface area contributed by atoms with Gasteiger partial charge >= 0.3 is 0 Å². The molecular weight excluding hydrogens is 482 g/mol. The Balaban J connectivity index is 1.28. The lowest BCUT2D eigenvalue weighted by molar-refractivity contribution is -0.125. The van der Waals surface area contributed by atoms with E-state index in [9.17, 15) is 9.59 Å². The highest BCUT2D eigenvalue weighted by Crippen LogP contribution is 2.34. The molecule has 2 aliphatic heterocycles. The summed E-state index contributed by atoms with van der Waals surface area (Å²) in [5.74, 6) is 1.59. The van der Waals surface area contributed by atoms with Crippen molar-refractivity contribution in [3.63, 3.8) is 0 Å². The van der Waals surface area contributed by atoms with Crippen LogP contribution < -0.4 is 10.5 Å². The summed E-state index contributed by atoms with van der Waals surface area (Å²) in [6.45, 7) is 6.57. The van der Waals surface area contributed by atoms with E-state index in [4.69, 9.17) is 20.3 Å². The minimum absolute atomic E-state index is 0.0208. The molecule has 1 amide bonds. The second kappa shape index (κ2) is 11.6. The Hall–Kier alpha value is -3.95. The van der Waals surface area contributed by atoms with Gasteiger partial charge in [0.15, 0.2) is 5.78 Å². The van der Waals surface area contributed by atoms with Crippen molar-refractivity contribution in [1.82, 2.24) is 19.6 Å². The van der Waals surface area contributed by atoms with Gasteiger partial charge in [-0.05, 0) is 49.7 Å². The van der Waals surface area contributed by atoms with Crippen LogP contribution >= 0.6 is 0 Å². The number of hydrogen-bond donors (Lipinski definition) is 1. The van der Waals surface area contributed by atoms with Gasteiger partial charge in [0.05, 0.1) is 24.8 Å². The van der Waals surface area contributed by atoms with Gasteiger partial charge in [-0.1, -0.05) is 24.3 Å². The third kappa shape index (κ3) is 5.79. The largest absolute Gasteiger partial charge is 0.457 e. The van der Waals surface area contributed by atoms with E-state index in [1.54, 1.807) is 10.8 Å². The van der Waals surface area contributed by atoms with Crippen molar-refractivity contribution >= 4 is 17.5 Å². The van der Waals surface area contributed by atoms with Crippen LogP contribution in [0.3, 0.4) is 0 Å². The molecule has 2 N–H and O–H groups in total. The molecule has 5 rings (SSSR count). The topological polar surface area (TPSA) is 103 Å². The van der Waals surface area contributed by atoms with E-state index >= 15 is 0 Å². The molecule has 2 fully saturated rings. The summed E-state index contributed by atoms with van der Waals surface area (Å²) >= 11 is 0. The third-order valence-corrected chi connectivity index (χ3v) is 6.95. The number of ether oxygens (including phenoxy) is 2. The van der Waals surface area contributed by atoms with E-state index in [2.05, 4.69) is 4.90 Å². The highest BCUT2D eigenvalue weighted by Gasteiger charge is 2.31. The fourth-order valence-electron chi connectivity index (χ4n) is 4.91. The van der Waals surface area contributed by atoms with Crippen molar-refractivity contribution < 1.29 is 19.1 Å². The Morgan fingerprint density at radius 2 is 1.76 bits per heavy atom. The van der Waals surface area contributed by atoms with Crippen LogP contribution in [0, 0.1) is 0 Å². The van der Waals surface area contributed by atoms with Crippen molar-refractivity contribution in [3.05, 3.63) is 72.3 Å². The molecule has 3 aromatic rings. The number of likely N-dealkylation sites (tertiary alicyclic amines) is 1. The van der Waals surface area contributed by atoms with Crippen molar-refractivity contribution in [1.29, 1.82) is 0 Å². The SMILES string of the molecule is CC(=O)c1c(-c2ccc(Oc3ccccc3)cc2)nn([C@@H]2CCN(C(=O)/C=C/CN3CCOCC3)C2)c1N. The first-order valence-corrected chi connectivity index (χ1v) is 13.0. The van der Waals surface area contributed by atoms with Gasteiger partial charge in [0.25, 0.3) is 0 Å². The van der Waals surface area contributed by atoms with E-state index in [1.807, 2.05) is 65.6 Å². The Morgan fingerprint density at radius 3 is 2.47 bits per heavy atom. The van der Waals surface area contributed by atoms with Crippen LogP contribution in [-0.4, -0.2) is 77.2 Å². The number of nitrogen functional groups attached to an aromatic ring is 1. The zero-order valence-electron chi connectivity index (χ0n) is 21.6. The van der Waals surface area contributed by atoms with Crippen LogP contribution in [0.15, 0.2) is 66.7 Å². The number of carbonyl (C=O) groups excluding carboxylic acids is 2. The van der Waals surface area contributed by atoms with Crippen LogP contribution in [0.5, 0.6) is 11.5 Å². The summed E-state index contributed by atoms with van der Waals surface area (Å²) in [6.07, 6.45) is 4.28. The molecule has 0 radical (unpaired) electrons. The highest BCUT2D eigenvalue weighted by molar-refractivity contribution is 6.04. The lowest BCUT2D eigenvalue weighted by Crippen LogP contribution is -2.36. The summed E-state index contributed by atoms with van der Waals surface area (Å²) in [4.78, 5) is 29.4. The Bertz CT molecular complexity index is 1300. The second-order valence-electron chi connectivity index (χ2n) is 9.59. The maximum Gasteiger partial charge on any atom is 0.246 e. The summed E-state index contributed by atoms with van der Waals surface area (Å²) in [6, 6.07) is 16.9. The zero-order valence-corrected chi connectivity index (χ0v) is 21.6. The monoisotopic (exact) mass is 515 g/mol. The zero-order chi connectivity index (χ0) is 26.5. The number of amides is 1. The number of Topliss-reactive ketones (excluding diaryl/α,β-unsaturated/α-hetero) is 1. The molecule has 2 saturated heterocycles. The minimum Gasteiger partial charge on any atom is -0.457 e. The van der Waals surface area contributed by atoms with Gasteiger partial charge in [-0.15, -0.1) is 0 Å². The molecule has 38 heavy (non-hydrogen) atoms. The van der Waals surface area contributed by atoms with E-state index in [0.29, 0.717) is 35.9 Å². The van der Waals surface area contributed by atoms with Crippen LogP contribution in [0.25, 0.3) is 11.3 Å². The summed E-state index contributed by atoms with van der Waals surface area (Å²) in [5, 5.41) is 4.77. The van der Waals surface area contributed by atoms with Crippen molar-refractivity contribution in [2.45, 2.75) is 19.4 Å². The van der Waals surface area contributed by atoms with Crippen LogP contribution in [0.4, 0.5) is 5.82 Å². The van der Waals surface area contributed by atoms with E-state index in [-0.39, 0.29) is 17.7 Å². The van der Waals surface area contributed by atoms with E-state index < -0.39 is 0 Å². The average Bonchev–Trinajstić information content (AvgIpc) is 3.55. The standard InChI is InChI=1S/C29H33N5O4/c1-21(35)27-28(22-9-11-25(12-10-22)38-24-6-3-2-4-7-24)31-34(29(27)30)23-13-15-33(20-23)26(36)8-5-14-32-16-18-37-19-17-32/h2-12,23H,13-20,30H2,1H3/b8-5+/t23-/m1/s1. The molecular formula is C29H33N5O4. The molecule has 1 atom stereocenters. The third-order valence-electron chi connectivity index (χ3n) is 6.95. The van der Waals surface area contributed by atoms with Gasteiger partial charge in [0.2, 0.25) is 5.91 Å². The quantitative estimate of drug-likeness (QED) is 0.360. The number of benzene rings is 2. The second-order valence-corrected chi connectivity index (χ2v) is 9.59. The first kappa shape index (κ1) is 25.7. The van der Waals surface area contributed by atoms with Gasteiger partial charge in [0, 0.05) is 44.4 Å². The number of anilines is 1. The lowest BCUT2D eigenvalue weighted by Gasteiger charge is -2.25. The van der Waals surface area contributed by atoms with Gasteiger partial charge < -0.3 is 20.1 Å². The highest BCUT2D eigenvalue weighted by atomic mass is 16.5. The summed E-state index contributed by atoms with van der Waals surface area (Å²) in [7, 11) is 0. The number of para-hydroxylation sites is 1. The molecule has 3 heterocycles. The Morgan fingerprint density at radius 1 is 1.05 bits per heavy atom. The molecule has 2 aliphatic rings. The smallest absolute Gasteiger partial charge is 0.246 e. The average molecular weight is 516 g/mol. The van der Waals surface area contributed by atoms with Gasteiger partial charge in [-0.3, -0.25) is 14.5 Å². The van der Waals surface area contributed by atoms with E-state index in [1.165, 1.54) is 6.92 Å². The predicted octanol–water partition coefficient (Wildman–Crippen LogP) is 3.79. The number of carbonyl (C=O) groups is 2.